The summed E-state index contributed by atoms with van der Waals surface area (Å²) in [7, 11) is -2.31. The number of benzene rings is 1. The fourth-order valence-electron chi connectivity index (χ4n) is 4.70. The summed E-state index contributed by atoms with van der Waals surface area (Å²) >= 11 is 1.39. The van der Waals surface area contributed by atoms with Crippen molar-refractivity contribution < 1.29 is 27.5 Å². The molecule has 8 nitrogen and oxygen atoms in total. The predicted octanol–water partition coefficient (Wildman–Crippen LogP) is 4.63. The fourth-order valence-corrected chi connectivity index (χ4v) is 7.52. The van der Waals surface area contributed by atoms with Gasteiger partial charge in [0, 0.05) is 18.0 Å². The molecule has 1 N–H and O–H groups in total. The number of rotatable bonds is 7. The minimum Gasteiger partial charge on any atom is -0.496 e. The number of sulfonamides is 1. The van der Waals surface area contributed by atoms with Crippen molar-refractivity contribution in [3.8, 4) is 5.75 Å². The van der Waals surface area contributed by atoms with Crippen molar-refractivity contribution >= 4 is 38.2 Å². The molecule has 0 spiro atoms. The molecule has 35 heavy (non-hydrogen) atoms. The second kappa shape index (κ2) is 11.1. The zero-order chi connectivity index (χ0) is 25.0. The normalized spacial score (nSPS) is 16.7. The Hall–Kier alpha value is -2.43. The van der Waals surface area contributed by atoms with Crippen molar-refractivity contribution in [2.45, 2.75) is 63.2 Å². The van der Waals surface area contributed by atoms with E-state index in [9.17, 15) is 18.0 Å². The summed E-state index contributed by atoms with van der Waals surface area (Å²) in [6, 6.07) is 4.35. The van der Waals surface area contributed by atoms with E-state index in [1.807, 2.05) is 0 Å². The van der Waals surface area contributed by atoms with Crippen molar-refractivity contribution in [1.82, 2.24) is 4.31 Å². The summed E-state index contributed by atoms with van der Waals surface area (Å²) in [5.41, 5.74) is 1.45. The van der Waals surface area contributed by atoms with Crippen LogP contribution in [-0.2, 0) is 27.6 Å². The van der Waals surface area contributed by atoms with E-state index in [0.717, 1.165) is 61.8 Å². The summed E-state index contributed by atoms with van der Waals surface area (Å²) in [5.74, 6) is -0.720. The average Bonchev–Trinajstić information content (AvgIpc) is 3.01. The van der Waals surface area contributed by atoms with Crippen LogP contribution in [0, 0.1) is 0 Å². The van der Waals surface area contributed by atoms with Gasteiger partial charge < -0.3 is 14.8 Å². The highest BCUT2D eigenvalue weighted by Crippen LogP contribution is 2.39. The van der Waals surface area contributed by atoms with Gasteiger partial charge >= 0.3 is 5.97 Å². The van der Waals surface area contributed by atoms with Crippen LogP contribution in [0.2, 0.25) is 0 Å². The van der Waals surface area contributed by atoms with Crippen LogP contribution in [0.15, 0.2) is 23.1 Å². The van der Waals surface area contributed by atoms with Crippen LogP contribution in [0.25, 0.3) is 0 Å². The molecule has 0 atom stereocenters. The standard InChI is InChI=1S/C25H32N2O6S2/c1-3-33-25(29)22-18-10-6-7-11-21(18)34-24(22)26-23(28)19-16-17(12-13-20(19)32-2)35(30,31)27-14-8-4-5-9-15-27/h12-13,16H,3-11,14-15H2,1-2H3,(H,26,28). The minimum absolute atomic E-state index is 0.0569. The molecule has 1 saturated heterocycles. The van der Waals surface area contributed by atoms with Crippen molar-refractivity contribution in [2.24, 2.45) is 0 Å². The largest absolute Gasteiger partial charge is 0.496 e. The topological polar surface area (TPSA) is 102 Å². The molecule has 1 amide bonds. The monoisotopic (exact) mass is 520 g/mol. The van der Waals surface area contributed by atoms with Crippen LogP contribution in [-0.4, -0.2) is 51.4 Å². The van der Waals surface area contributed by atoms with Crippen molar-refractivity contribution in [2.75, 3.05) is 32.1 Å². The Labute approximate surface area is 210 Å². The van der Waals surface area contributed by atoms with Crippen LogP contribution >= 0.6 is 11.3 Å². The summed E-state index contributed by atoms with van der Waals surface area (Å²) in [6.07, 6.45) is 7.30. The molecule has 0 radical (unpaired) electrons. The van der Waals surface area contributed by atoms with E-state index in [1.165, 1.54) is 41.0 Å². The number of nitrogens with one attached hydrogen (secondary N) is 1. The highest BCUT2D eigenvalue weighted by atomic mass is 32.2. The van der Waals surface area contributed by atoms with Gasteiger partial charge in [0.05, 0.1) is 29.7 Å². The van der Waals surface area contributed by atoms with Gasteiger partial charge in [0.15, 0.2) is 0 Å². The molecule has 0 saturated carbocycles. The number of hydrogen-bond acceptors (Lipinski definition) is 7. The number of hydrogen-bond donors (Lipinski definition) is 1. The third kappa shape index (κ3) is 5.39. The first kappa shape index (κ1) is 25.7. The third-order valence-corrected chi connectivity index (χ3v) is 9.60. The van der Waals surface area contributed by atoms with E-state index in [2.05, 4.69) is 5.32 Å². The van der Waals surface area contributed by atoms with E-state index in [-0.39, 0.29) is 22.8 Å². The van der Waals surface area contributed by atoms with Crippen LogP contribution < -0.4 is 10.1 Å². The molecule has 190 valence electrons. The van der Waals surface area contributed by atoms with Gasteiger partial charge in [-0.05, 0) is 69.2 Å². The highest BCUT2D eigenvalue weighted by Gasteiger charge is 2.30. The highest BCUT2D eigenvalue weighted by molar-refractivity contribution is 7.89. The maximum absolute atomic E-state index is 13.4. The first-order chi connectivity index (χ1) is 16.9. The summed E-state index contributed by atoms with van der Waals surface area (Å²) in [4.78, 5) is 27.3. The second-order valence-corrected chi connectivity index (χ2v) is 11.8. The van der Waals surface area contributed by atoms with Gasteiger partial charge in [0.1, 0.15) is 10.8 Å². The van der Waals surface area contributed by atoms with E-state index in [0.29, 0.717) is 23.7 Å². The van der Waals surface area contributed by atoms with Gasteiger partial charge in [-0.3, -0.25) is 4.79 Å². The van der Waals surface area contributed by atoms with Crippen molar-refractivity contribution in [1.29, 1.82) is 0 Å². The van der Waals surface area contributed by atoms with Gasteiger partial charge in [-0.1, -0.05) is 12.8 Å². The molecule has 1 fully saturated rings. The number of methoxy groups -OCH3 is 1. The molecular formula is C25H32N2O6S2. The number of anilines is 1. The zero-order valence-electron chi connectivity index (χ0n) is 20.2. The summed E-state index contributed by atoms with van der Waals surface area (Å²) in [6.45, 7) is 2.93. The van der Waals surface area contributed by atoms with Gasteiger partial charge in [-0.25, -0.2) is 13.2 Å². The van der Waals surface area contributed by atoms with Gasteiger partial charge in [-0.2, -0.15) is 4.31 Å². The maximum atomic E-state index is 13.4. The van der Waals surface area contributed by atoms with Crippen molar-refractivity contribution in [3.63, 3.8) is 0 Å². The van der Waals surface area contributed by atoms with Crippen LogP contribution in [0.1, 0.15) is 76.6 Å². The van der Waals surface area contributed by atoms with E-state index in [1.54, 1.807) is 6.92 Å². The number of nitrogens with zero attached hydrogens (tertiary/aromatic N) is 1. The number of amides is 1. The fraction of sp³-hybridized carbons (Fsp3) is 0.520. The molecule has 2 aromatic rings. The lowest BCUT2D eigenvalue weighted by Crippen LogP contribution is -2.32. The summed E-state index contributed by atoms with van der Waals surface area (Å²) < 4.78 is 38.8. The molecule has 10 heteroatoms. The molecule has 4 rings (SSSR count). The number of thiophene rings is 1. The molecule has 0 unspecified atom stereocenters. The minimum atomic E-state index is -3.74. The molecule has 2 aliphatic rings. The molecule has 1 aliphatic carbocycles. The Bertz CT molecular complexity index is 1200. The molecule has 2 heterocycles. The third-order valence-electron chi connectivity index (χ3n) is 6.50. The Morgan fingerprint density at radius 2 is 1.77 bits per heavy atom. The van der Waals surface area contributed by atoms with Crippen LogP contribution in [0.3, 0.4) is 0 Å². The maximum Gasteiger partial charge on any atom is 0.341 e. The first-order valence-electron chi connectivity index (χ1n) is 12.2. The molecule has 0 bridgehead atoms. The predicted molar refractivity (Wildman–Crippen MR) is 135 cm³/mol. The smallest absolute Gasteiger partial charge is 0.341 e. The van der Waals surface area contributed by atoms with Crippen LogP contribution in [0.5, 0.6) is 5.75 Å². The zero-order valence-corrected chi connectivity index (χ0v) is 21.9. The van der Waals surface area contributed by atoms with Crippen LogP contribution in [0.4, 0.5) is 5.00 Å². The Balaban J connectivity index is 1.67. The Morgan fingerprint density at radius 1 is 1.06 bits per heavy atom. The lowest BCUT2D eigenvalue weighted by molar-refractivity contribution is 0.0526. The summed E-state index contributed by atoms with van der Waals surface area (Å²) in [5, 5.41) is 3.29. The van der Waals surface area contributed by atoms with Gasteiger partial charge in [0.2, 0.25) is 10.0 Å². The SMILES string of the molecule is CCOC(=O)c1c(NC(=O)c2cc(S(=O)(=O)N3CCCCCC3)ccc2OC)sc2c1CCCC2. The molecule has 1 aromatic heterocycles. The van der Waals surface area contributed by atoms with Crippen molar-refractivity contribution in [3.05, 3.63) is 39.8 Å². The number of esters is 1. The number of ether oxygens (including phenoxy) is 2. The number of fused-ring (bicyclic) bond motifs is 1. The van der Waals surface area contributed by atoms with Gasteiger partial charge in [-0.15, -0.1) is 11.3 Å². The quantitative estimate of drug-likeness (QED) is 0.534. The Morgan fingerprint density at radius 3 is 2.46 bits per heavy atom. The molecule has 1 aliphatic heterocycles. The average molecular weight is 521 g/mol. The molecular weight excluding hydrogens is 488 g/mol. The number of carbonyl (C=O) groups excluding carboxylic acids is 2. The Kier molecular flexibility index (Phi) is 8.13. The lowest BCUT2D eigenvalue weighted by atomic mass is 9.95. The van der Waals surface area contributed by atoms with E-state index < -0.39 is 21.9 Å². The van der Waals surface area contributed by atoms with Gasteiger partial charge in [0.25, 0.3) is 5.91 Å². The number of aryl methyl sites for hydroxylation is 1. The van der Waals surface area contributed by atoms with E-state index >= 15 is 0 Å². The first-order valence-corrected chi connectivity index (χ1v) is 14.4. The molecule has 1 aromatic carbocycles. The number of carbonyl (C=O) groups is 2. The lowest BCUT2D eigenvalue weighted by Gasteiger charge is -2.20. The second-order valence-electron chi connectivity index (χ2n) is 8.77. The van der Waals surface area contributed by atoms with E-state index in [4.69, 9.17) is 9.47 Å².